The third-order valence-corrected chi connectivity index (χ3v) is 5.60. The van der Waals surface area contributed by atoms with Crippen molar-refractivity contribution in [3.05, 3.63) is 59.6 Å². The van der Waals surface area contributed by atoms with Crippen LogP contribution >= 0.6 is 23.1 Å². The van der Waals surface area contributed by atoms with Crippen LogP contribution in [0.4, 0.5) is 0 Å². The van der Waals surface area contributed by atoms with E-state index in [0.717, 1.165) is 21.3 Å². The van der Waals surface area contributed by atoms with Crippen LogP contribution in [0.2, 0.25) is 0 Å². The Labute approximate surface area is 152 Å². The average molecular weight is 369 g/mol. The molecule has 0 spiro atoms. The molecule has 0 aliphatic rings. The molecule has 8 heteroatoms. The van der Waals surface area contributed by atoms with E-state index in [0.29, 0.717) is 11.8 Å². The summed E-state index contributed by atoms with van der Waals surface area (Å²) < 4.78 is 7.80. The summed E-state index contributed by atoms with van der Waals surface area (Å²) in [5, 5.41) is 19.4. The lowest BCUT2D eigenvalue weighted by Gasteiger charge is -2.10. The molecule has 0 fully saturated rings. The molecule has 1 aromatic carbocycles. The first kappa shape index (κ1) is 16.0. The summed E-state index contributed by atoms with van der Waals surface area (Å²) in [4.78, 5) is 0.971. The molecule has 0 saturated carbocycles. The second-order valence-corrected chi connectivity index (χ2v) is 7.71. The normalized spacial score (nSPS) is 12.4. The van der Waals surface area contributed by atoms with Gasteiger partial charge in [-0.25, -0.2) is 0 Å². The number of aryl methyl sites for hydroxylation is 1. The molecule has 126 valence electrons. The fourth-order valence-corrected chi connectivity index (χ4v) is 3.92. The quantitative estimate of drug-likeness (QED) is 0.481. The van der Waals surface area contributed by atoms with E-state index in [2.05, 4.69) is 39.5 Å². The van der Waals surface area contributed by atoms with E-state index in [9.17, 15) is 0 Å². The van der Waals surface area contributed by atoms with Crippen LogP contribution in [0.25, 0.3) is 16.5 Å². The summed E-state index contributed by atoms with van der Waals surface area (Å²) >= 11 is 3.12. The van der Waals surface area contributed by atoms with Crippen molar-refractivity contribution in [2.24, 2.45) is 0 Å². The molecule has 0 saturated heterocycles. The third kappa shape index (κ3) is 3.22. The van der Waals surface area contributed by atoms with Gasteiger partial charge >= 0.3 is 0 Å². The van der Waals surface area contributed by atoms with Crippen molar-refractivity contribution in [1.82, 2.24) is 25.0 Å². The number of thioether (sulfide) groups is 1. The van der Waals surface area contributed by atoms with Gasteiger partial charge < -0.3 is 4.42 Å². The van der Waals surface area contributed by atoms with Gasteiger partial charge in [-0.3, -0.25) is 4.57 Å². The van der Waals surface area contributed by atoms with Crippen molar-refractivity contribution < 1.29 is 4.42 Å². The van der Waals surface area contributed by atoms with E-state index < -0.39 is 0 Å². The predicted octanol–water partition coefficient (Wildman–Crippen LogP) is 4.54. The predicted molar refractivity (Wildman–Crippen MR) is 98.0 cm³/mol. The van der Waals surface area contributed by atoms with Crippen molar-refractivity contribution in [2.45, 2.75) is 24.3 Å². The van der Waals surface area contributed by atoms with E-state index in [4.69, 9.17) is 4.42 Å². The SMILES string of the molecule is Cc1ccccc1-n1cnnc1S[C@H](C)c1nnc(-c2cccs2)o1. The molecule has 3 aromatic heterocycles. The zero-order valence-electron chi connectivity index (χ0n) is 13.7. The maximum absolute atomic E-state index is 5.82. The Kier molecular flexibility index (Phi) is 4.37. The van der Waals surface area contributed by atoms with Gasteiger partial charge in [-0.05, 0) is 36.9 Å². The van der Waals surface area contributed by atoms with Crippen molar-refractivity contribution >= 4 is 23.1 Å². The topological polar surface area (TPSA) is 69.6 Å². The highest BCUT2D eigenvalue weighted by molar-refractivity contribution is 7.99. The van der Waals surface area contributed by atoms with Crippen molar-refractivity contribution in [2.75, 3.05) is 0 Å². The minimum absolute atomic E-state index is 0.0341. The van der Waals surface area contributed by atoms with Crippen molar-refractivity contribution in [3.63, 3.8) is 0 Å². The van der Waals surface area contributed by atoms with Crippen LogP contribution in [0.15, 0.2) is 57.7 Å². The zero-order valence-corrected chi connectivity index (χ0v) is 15.3. The lowest BCUT2D eigenvalue weighted by atomic mass is 10.2. The maximum Gasteiger partial charge on any atom is 0.257 e. The molecule has 3 heterocycles. The Morgan fingerprint density at radius 1 is 1.12 bits per heavy atom. The largest absolute Gasteiger partial charge is 0.419 e. The average Bonchev–Trinajstić information content (AvgIpc) is 3.36. The molecule has 6 nitrogen and oxygen atoms in total. The van der Waals surface area contributed by atoms with Crippen molar-refractivity contribution in [1.29, 1.82) is 0 Å². The molecule has 4 aromatic rings. The highest BCUT2D eigenvalue weighted by Crippen LogP contribution is 2.35. The smallest absolute Gasteiger partial charge is 0.257 e. The van der Waals surface area contributed by atoms with E-state index in [1.807, 2.05) is 41.1 Å². The first-order valence-electron chi connectivity index (χ1n) is 7.72. The molecule has 0 unspecified atom stereocenters. The number of aromatic nitrogens is 5. The molecule has 4 rings (SSSR count). The van der Waals surface area contributed by atoms with Gasteiger partial charge in [0.1, 0.15) is 6.33 Å². The van der Waals surface area contributed by atoms with Gasteiger partial charge in [0.15, 0.2) is 5.16 Å². The second-order valence-electron chi connectivity index (χ2n) is 5.45. The fraction of sp³-hybridized carbons (Fsp3) is 0.176. The Balaban J connectivity index is 1.57. The third-order valence-electron chi connectivity index (χ3n) is 3.69. The maximum atomic E-state index is 5.82. The highest BCUT2D eigenvalue weighted by atomic mass is 32.2. The summed E-state index contributed by atoms with van der Waals surface area (Å²) in [7, 11) is 0. The Morgan fingerprint density at radius 2 is 2.00 bits per heavy atom. The Morgan fingerprint density at radius 3 is 2.80 bits per heavy atom. The lowest BCUT2D eigenvalue weighted by molar-refractivity contribution is 0.510. The van der Waals surface area contributed by atoms with Gasteiger partial charge in [0.05, 0.1) is 15.8 Å². The summed E-state index contributed by atoms with van der Waals surface area (Å²) in [5.41, 5.74) is 2.22. The van der Waals surface area contributed by atoms with Crippen LogP contribution in [0.3, 0.4) is 0 Å². The summed E-state index contributed by atoms with van der Waals surface area (Å²) in [5.74, 6) is 1.13. The van der Waals surface area contributed by atoms with E-state index in [1.165, 1.54) is 0 Å². The first-order valence-corrected chi connectivity index (χ1v) is 9.48. The second kappa shape index (κ2) is 6.81. The summed E-state index contributed by atoms with van der Waals surface area (Å²) in [6.45, 7) is 4.09. The molecule has 0 radical (unpaired) electrons. The minimum atomic E-state index is -0.0341. The van der Waals surface area contributed by atoms with Crippen molar-refractivity contribution in [3.8, 4) is 16.5 Å². The van der Waals surface area contributed by atoms with Gasteiger partial charge in [-0.1, -0.05) is 36.0 Å². The monoisotopic (exact) mass is 369 g/mol. The molecule has 25 heavy (non-hydrogen) atoms. The minimum Gasteiger partial charge on any atom is -0.419 e. The van der Waals surface area contributed by atoms with Crippen LogP contribution < -0.4 is 0 Å². The van der Waals surface area contributed by atoms with Gasteiger partial charge in [0.2, 0.25) is 5.89 Å². The summed E-state index contributed by atoms with van der Waals surface area (Å²) in [6, 6.07) is 12.1. The number of para-hydroxylation sites is 1. The highest BCUT2D eigenvalue weighted by Gasteiger charge is 2.20. The molecular formula is C17H15N5OS2. The number of nitrogens with zero attached hydrogens (tertiary/aromatic N) is 5. The van der Waals surface area contributed by atoms with Crippen LogP contribution in [-0.4, -0.2) is 25.0 Å². The van der Waals surface area contributed by atoms with Gasteiger partial charge in [0, 0.05) is 0 Å². The molecule has 0 amide bonds. The fourth-order valence-electron chi connectivity index (χ4n) is 2.41. The molecule has 0 aliphatic heterocycles. The number of hydrogen-bond donors (Lipinski definition) is 0. The zero-order chi connectivity index (χ0) is 17.2. The molecule has 0 N–H and O–H groups in total. The number of hydrogen-bond acceptors (Lipinski definition) is 7. The van der Waals surface area contributed by atoms with E-state index >= 15 is 0 Å². The van der Waals surface area contributed by atoms with Gasteiger partial charge in [-0.15, -0.1) is 31.7 Å². The van der Waals surface area contributed by atoms with Gasteiger partial charge in [-0.2, -0.15) is 0 Å². The lowest BCUT2D eigenvalue weighted by Crippen LogP contribution is -1.99. The van der Waals surface area contributed by atoms with E-state index in [-0.39, 0.29) is 5.25 Å². The van der Waals surface area contributed by atoms with Crippen LogP contribution in [-0.2, 0) is 0 Å². The van der Waals surface area contributed by atoms with E-state index in [1.54, 1.807) is 29.4 Å². The molecular weight excluding hydrogens is 354 g/mol. The standard InChI is InChI=1S/C17H15N5OS2/c1-11-6-3-4-7-13(11)22-10-18-21-17(22)25-12(2)15-19-20-16(23-15)14-8-5-9-24-14/h3-10,12H,1-2H3/t12-/m1/s1. The number of rotatable bonds is 5. The van der Waals surface area contributed by atoms with Crippen LogP contribution in [0.5, 0.6) is 0 Å². The molecule has 0 bridgehead atoms. The Bertz CT molecular complexity index is 977. The van der Waals surface area contributed by atoms with Crippen LogP contribution in [0, 0.1) is 6.92 Å². The van der Waals surface area contributed by atoms with Crippen LogP contribution in [0.1, 0.15) is 23.6 Å². The molecule has 1 atom stereocenters. The first-order chi connectivity index (χ1) is 12.2. The summed E-state index contributed by atoms with van der Waals surface area (Å²) in [6.07, 6.45) is 1.72. The molecule has 0 aliphatic carbocycles. The number of benzene rings is 1. The van der Waals surface area contributed by atoms with Gasteiger partial charge in [0.25, 0.3) is 5.89 Å². The Hall–Kier alpha value is -2.45. The number of thiophene rings is 1.